The standard InChI is InChI=1S/C20H32N2O4/c1-15-9-5-7-11-22(15)12-8-6-10-21-20(23)16-13-17(24-2)19(26-4)18(14-16)25-3/h13-15H,5-12H2,1-4H3,(H,21,23). The van der Waals surface area contributed by atoms with Gasteiger partial charge in [-0.2, -0.15) is 0 Å². The van der Waals surface area contributed by atoms with Gasteiger partial charge in [-0.3, -0.25) is 4.79 Å². The van der Waals surface area contributed by atoms with Crippen LogP contribution in [0.5, 0.6) is 17.2 Å². The van der Waals surface area contributed by atoms with Crippen LogP contribution in [0, 0.1) is 0 Å². The topological polar surface area (TPSA) is 60.0 Å². The number of rotatable bonds is 9. The number of carbonyl (C=O) groups excluding carboxylic acids is 1. The van der Waals surface area contributed by atoms with E-state index in [-0.39, 0.29) is 5.91 Å². The first-order chi connectivity index (χ1) is 12.6. The molecule has 1 aliphatic heterocycles. The molecule has 1 aromatic rings. The van der Waals surface area contributed by atoms with E-state index in [4.69, 9.17) is 14.2 Å². The molecule has 1 heterocycles. The number of methoxy groups -OCH3 is 3. The zero-order chi connectivity index (χ0) is 18.9. The number of carbonyl (C=O) groups is 1. The lowest BCUT2D eigenvalue weighted by atomic mass is 10.0. The summed E-state index contributed by atoms with van der Waals surface area (Å²) >= 11 is 0. The number of likely N-dealkylation sites (tertiary alicyclic amines) is 1. The van der Waals surface area contributed by atoms with E-state index in [2.05, 4.69) is 17.1 Å². The molecular formula is C20H32N2O4. The van der Waals surface area contributed by atoms with E-state index < -0.39 is 0 Å². The summed E-state index contributed by atoms with van der Waals surface area (Å²) in [6.45, 7) is 5.29. The Morgan fingerprint density at radius 2 is 1.81 bits per heavy atom. The SMILES string of the molecule is COc1cc(C(=O)NCCCCN2CCCCC2C)cc(OC)c1OC. The second kappa shape index (κ2) is 10.3. The Morgan fingerprint density at radius 3 is 2.38 bits per heavy atom. The average molecular weight is 364 g/mol. The fraction of sp³-hybridized carbons (Fsp3) is 0.650. The zero-order valence-corrected chi connectivity index (χ0v) is 16.5. The van der Waals surface area contributed by atoms with Gasteiger partial charge in [-0.15, -0.1) is 0 Å². The minimum atomic E-state index is -0.129. The third-order valence-electron chi connectivity index (χ3n) is 5.03. The molecule has 0 saturated carbocycles. The molecule has 1 aromatic carbocycles. The second-order valence-corrected chi connectivity index (χ2v) is 6.76. The average Bonchev–Trinajstić information content (AvgIpc) is 2.67. The molecule has 1 aliphatic rings. The lowest BCUT2D eigenvalue weighted by molar-refractivity contribution is 0.0950. The second-order valence-electron chi connectivity index (χ2n) is 6.76. The van der Waals surface area contributed by atoms with E-state index in [0.717, 1.165) is 19.4 Å². The minimum Gasteiger partial charge on any atom is -0.493 e. The number of nitrogens with one attached hydrogen (secondary N) is 1. The molecule has 1 fully saturated rings. The number of piperidine rings is 1. The summed E-state index contributed by atoms with van der Waals surface area (Å²) in [6, 6.07) is 4.04. The Balaban J connectivity index is 1.82. The van der Waals surface area contributed by atoms with Crippen LogP contribution in [-0.4, -0.2) is 57.8 Å². The monoisotopic (exact) mass is 364 g/mol. The van der Waals surface area contributed by atoms with Crippen LogP contribution in [0.1, 0.15) is 49.4 Å². The molecule has 0 bridgehead atoms. The normalized spacial score (nSPS) is 17.6. The number of amides is 1. The van der Waals surface area contributed by atoms with Crippen LogP contribution in [0.15, 0.2) is 12.1 Å². The Morgan fingerprint density at radius 1 is 1.12 bits per heavy atom. The number of ether oxygens (including phenoxy) is 3. The molecule has 1 unspecified atom stereocenters. The maximum Gasteiger partial charge on any atom is 0.251 e. The first-order valence-corrected chi connectivity index (χ1v) is 9.43. The molecule has 1 saturated heterocycles. The molecule has 0 aliphatic carbocycles. The lowest BCUT2D eigenvalue weighted by Gasteiger charge is -2.33. The summed E-state index contributed by atoms with van der Waals surface area (Å²) in [5.74, 6) is 1.32. The van der Waals surface area contributed by atoms with Crippen molar-refractivity contribution >= 4 is 5.91 Å². The van der Waals surface area contributed by atoms with Crippen LogP contribution in [0.3, 0.4) is 0 Å². The Bertz CT molecular complexity index is 566. The Labute approximate surface area is 156 Å². The van der Waals surface area contributed by atoms with Gasteiger partial charge in [-0.1, -0.05) is 6.42 Å². The molecule has 0 aromatic heterocycles. The number of hydrogen-bond donors (Lipinski definition) is 1. The number of nitrogens with zero attached hydrogens (tertiary/aromatic N) is 1. The number of hydrogen-bond acceptors (Lipinski definition) is 5. The summed E-state index contributed by atoms with van der Waals surface area (Å²) in [6.07, 6.45) is 6.03. The van der Waals surface area contributed by atoms with Crippen molar-refractivity contribution in [3.63, 3.8) is 0 Å². The van der Waals surface area contributed by atoms with Gasteiger partial charge in [0.05, 0.1) is 21.3 Å². The van der Waals surface area contributed by atoms with Gasteiger partial charge in [0, 0.05) is 18.2 Å². The van der Waals surface area contributed by atoms with Crippen molar-refractivity contribution in [1.29, 1.82) is 0 Å². The van der Waals surface area contributed by atoms with Crippen LogP contribution in [0.4, 0.5) is 0 Å². The van der Waals surface area contributed by atoms with Crippen molar-refractivity contribution in [1.82, 2.24) is 10.2 Å². The highest BCUT2D eigenvalue weighted by atomic mass is 16.5. The van der Waals surface area contributed by atoms with Gasteiger partial charge in [-0.25, -0.2) is 0 Å². The van der Waals surface area contributed by atoms with Crippen molar-refractivity contribution in [3.8, 4) is 17.2 Å². The van der Waals surface area contributed by atoms with Gasteiger partial charge in [-0.05, 0) is 57.8 Å². The van der Waals surface area contributed by atoms with Crippen molar-refractivity contribution in [2.75, 3.05) is 41.0 Å². The first kappa shape index (κ1) is 20.4. The third-order valence-corrected chi connectivity index (χ3v) is 5.03. The predicted octanol–water partition coefficient (Wildman–Crippen LogP) is 3.10. The summed E-state index contributed by atoms with van der Waals surface area (Å²) in [4.78, 5) is 15.0. The molecule has 6 nitrogen and oxygen atoms in total. The van der Waals surface area contributed by atoms with E-state index in [9.17, 15) is 4.79 Å². The van der Waals surface area contributed by atoms with Crippen molar-refractivity contribution in [3.05, 3.63) is 17.7 Å². The van der Waals surface area contributed by atoms with Gasteiger partial charge >= 0.3 is 0 Å². The van der Waals surface area contributed by atoms with Gasteiger partial charge in [0.2, 0.25) is 5.75 Å². The van der Waals surface area contributed by atoms with Crippen molar-refractivity contribution in [2.45, 2.75) is 45.1 Å². The third kappa shape index (κ3) is 5.27. The van der Waals surface area contributed by atoms with E-state index in [1.807, 2.05) is 0 Å². The van der Waals surface area contributed by atoms with E-state index in [0.29, 0.717) is 35.4 Å². The van der Waals surface area contributed by atoms with Crippen molar-refractivity contribution in [2.24, 2.45) is 0 Å². The molecule has 26 heavy (non-hydrogen) atoms. The van der Waals surface area contributed by atoms with Crippen LogP contribution < -0.4 is 19.5 Å². The van der Waals surface area contributed by atoms with Gasteiger partial charge in [0.25, 0.3) is 5.91 Å². The molecule has 0 radical (unpaired) electrons. The highest BCUT2D eigenvalue weighted by Crippen LogP contribution is 2.38. The molecular weight excluding hydrogens is 332 g/mol. The van der Waals surface area contributed by atoms with Gasteiger partial charge in [0.1, 0.15) is 0 Å². The van der Waals surface area contributed by atoms with Crippen LogP contribution in [-0.2, 0) is 0 Å². The van der Waals surface area contributed by atoms with Gasteiger partial charge in [0.15, 0.2) is 11.5 Å². The van der Waals surface area contributed by atoms with Crippen LogP contribution in [0.25, 0.3) is 0 Å². The maximum absolute atomic E-state index is 12.4. The minimum absolute atomic E-state index is 0.129. The van der Waals surface area contributed by atoms with Crippen molar-refractivity contribution < 1.29 is 19.0 Å². The lowest BCUT2D eigenvalue weighted by Crippen LogP contribution is -2.38. The Kier molecular flexibility index (Phi) is 8.04. The zero-order valence-electron chi connectivity index (χ0n) is 16.5. The molecule has 1 atom stereocenters. The van der Waals surface area contributed by atoms with Crippen LogP contribution >= 0.6 is 0 Å². The quantitative estimate of drug-likeness (QED) is 0.682. The summed E-state index contributed by atoms with van der Waals surface area (Å²) < 4.78 is 15.9. The highest BCUT2D eigenvalue weighted by Gasteiger charge is 2.18. The van der Waals surface area contributed by atoms with E-state index >= 15 is 0 Å². The first-order valence-electron chi connectivity index (χ1n) is 9.43. The number of benzene rings is 1. The molecule has 2 rings (SSSR count). The summed E-state index contributed by atoms with van der Waals surface area (Å²) in [7, 11) is 4.63. The molecule has 6 heteroatoms. The summed E-state index contributed by atoms with van der Waals surface area (Å²) in [5.41, 5.74) is 0.504. The fourth-order valence-electron chi connectivity index (χ4n) is 3.45. The maximum atomic E-state index is 12.4. The smallest absolute Gasteiger partial charge is 0.251 e. The fourth-order valence-corrected chi connectivity index (χ4v) is 3.45. The van der Waals surface area contributed by atoms with E-state index in [1.165, 1.54) is 25.8 Å². The molecule has 146 valence electrons. The van der Waals surface area contributed by atoms with Crippen LogP contribution in [0.2, 0.25) is 0 Å². The van der Waals surface area contributed by atoms with Gasteiger partial charge < -0.3 is 24.4 Å². The van der Waals surface area contributed by atoms with E-state index in [1.54, 1.807) is 33.5 Å². The highest BCUT2D eigenvalue weighted by molar-refractivity contribution is 5.95. The predicted molar refractivity (Wildman–Crippen MR) is 103 cm³/mol. The number of unbranched alkanes of at least 4 members (excludes halogenated alkanes) is 1. The molecule has 1 N–H and O–H groups in total. The molecule has 1 amide bonds. The molecule has 0 spiro atoms. The summed E-state index contributed by atoms with van der Waals surface area (Å²) in [5, 5.41) is 2.98. The Hall–Kier alpha value is -1.95. The largest absolute Gasteiger partial charge is 0.493 e.